The molecule has 1 aliphatic rings. The van der Waals surface area contributed by atoms with Gasteiger partial charge in [0.25, 0.3) is 0 Å². The number of hydrogen-bond acceptors (Lipinski definition) is 3. The van der Waals surface area contributed by atoms with Gasteiger partial charge < -0.3 is 10.1 Å². The topological polar surface area (TPSA) is 24.5 Å². The van der Waals surface area contributed by atoms with Crippen LogP contribution in [0.25, 0.3) is 0 Å². The van der Waals surface area contributed by atoms with Crippen molar-refractivity contribution in [1.82, 2.24) is 10.2 Å². The lowest BCUT2D eigenvalue weighted by molar-refractivity contribution is 0.129. The summed E-state index contributed by atoms with van der Waals surface area (Å²) in [5.74, 6) is 0.949. The Kier molecular flexibility index (Phi) is 5.23. The summed E-state index contributed by atoms with van der Waals surface area (Å²) in [4.78, 5) is 2.58. The lowest BCUT2D eigenvalue weighted by atomic mass is 10.0. The molecule has 1 N–H and O–H groups in total. The Labute approximate surface area is 116 Å². The first kappa shape index (κ1) is 14.4. The van der Waals surface area contributed by atoms with E-state index in [9.17, 15) is 0 Å². The second-order valence-electron chi connectivity index (χ2n) is 5.52. The highest BCUT2D eigenvalue weighted by Gasteiger charge is 2.24. The van der Waals surface area contributed by atoms with Gasteiger partial charge in [0, 0.05) is 31.7 Å². The highest BCUT2D eigenvalue weighted by Crippen LogP contribution is 2.18. The fourth-order valence-electron chi connectivity index (χ4n) is 2.76. The summed E-state index contributed by atoms with van der Waals surface area (Å²) in [7, 11) is 1.73. The summed E-state index contributed by atoms with van der Waals surface area (Å²) < 4.78 is 5.30. The van der Waals surface area contributed by atoms with Crippen LogP contribution in [-0.4, -0.2) is 37.2 Å². The molecule has 2 rings (SSSR count). The van der Waals surface area contributed by atoms with Crippen molar-refractivity contribution in [2.75, 3.05) is 20.2 Å². The van der Waals surface area contributed by atoms with Crippen LogP contribution in [0.5, 0.6) is 5.75 Å². The third-order valence-corrected chi connectivity index (χ3v) is 3.94. The van der Waals surface area contributed by atoms with E-state index in [-0.39, 0.29) is 0 Å². The zero-order valence-electron chi connectivity index (χ0n) is 12.4. The van der Waals surface area contributed by atoms with Crippen LogP contribution in [0.15, 0.2) is 24.3 Å². The molecule has 3 nitrogen and oxygen atoms in total. The van der Waals surface area contributed by atoms with Gasteiger partial charge in [-0.1, -0.05) is 25.5 Å². The molecule has 1 aromatic carbocycles. The van der Waals surface area contributed by atoms with E-state index in [1.807, 2.05) is 6.07 Å². The Morgan fingerprint density at radius 3 is 3.00 bits per heavy atom. The first-order valence-electron chi connectivity index (χ1n) is 7.33. The Morgan fingerprint density at radius 1 is 1.42 bits per heavy atom. The first-order valence-corrected chi connectivity index (χ1v) is 7.33. The van der Waals surface area contributed by atoms with Gasteiger partial charge in [-0.05, 0) is 31.0 Å². The predicted octanol–water partition coefficient (Wildman–Crippen LogP) is 2.66. The van der Waals surface area contributed by atoms with Gasteiger partial charge in [-0.15, -0.1) is 0 Å². The molecule has 1 saturated heterocycles. The van der Waals surface area contributed by atoms with E-state index in [0.717, 1.165) is 25.4 Å². The minimum absolute atomic E-state index is 0.597. The van der Waals surface area contributed by atoms with E-state index in [1.165, 1.54) is 18.4 Å². The molecule has 0 radical (unpaired) electrons. The van der Waals surface area contributed by atoms with Crippen molar-refractivity contribution in [2.45, 2.75) is 45.3 Å². The third-order valence-electron chi connectivity index (χ3n) is 3.94. The van der Waals surface area contributed by atoms with Crippen LogP contribution < -0.4 is 10.1 Å². The van der Waals surface area contributed by atoms with E-state index in [0.29, 0.717) is 12.1 Å². The van der Waals surface area contributed by atoms with Gasteiger partial charge in [-0.25, -0.2) is 0 Å². The summed E-state index contributed by atoms with van der Waals surface area (Å²) in [6.07, 6.45) is 2.51. The molecule has 0 aliphatic carbocycles. The number of nitrogens with one attached hydrogen (secondary N) is 1. The van der Waals surface area contributed by atoms with Crippen molar-refractivity contribution in [3.8, 4) is 5.75 Å². The molecule has 1 heterocycles. The number of ether oxygens (including phenoxy) is 1. The van der Waals surface area contributed by atoms with Crippen LogP contribution in [-0.2, 0) is 6.54 Å². The maximum Gasteiger partial charge on any atom is 0.119 e. The monoisotopic (exact) mass is 262 g/mol. The molecule has 2 atom stereocenters. The molecule has 0 saturated carbocycles. The van der Waals surface area contributed by atoms with Gasteiger partial charge in [0.15, 0.2) is 0 Å². The van der Waals surface area contributed by atoms with Crippen LogP contribution in [0.4, 0.5) is 0 Å². The Balaban J connectivity index is 1.99. The highest BCUT2D eigenvalue weighted by molar-refractivity contribution is 5.28. The average molecular weight is 262 g/mol. The lowest BCUT2D eigenvalue weighted by Gasteiger charge is -2.39. The van der Waals surface area contributed by atoms with Crippen molar-refractivity contribution in [1.29, 1.82) is 0 Å². The van der Waals surface area contributed by atoms with E-state index in [4.69, 9.17) is 4.74 Å². The quantitative estimate of drug-likeness (QED) is 0.883. The molecule has 0 spiro atoms. The van der Waals surface area contributed by atoms with Gasteiger partial charge >= 0.3 is 0 Å². The summed E-state index contributed by atoms with van der Waals surface area (Å²) in [6, 6.07) is 9.65. The summed E-state index contributed by atoms with van der Waals surface area (Å²) in [5.41, 5.74) is 1.34. The molecule has 1 fully saturated rings. The van der Waals surface area contributed by atoms with Gasteiger partial charge in [-0.2, -0.15) is 0 Å². The van der Waals surface area contributed by atoms with Gasteiger partial charge in [0.2, 0.25) is 0 Å². The predicted molar refractivity (Wildman–Crippen MR) is 79.6 cm³/mol. The fourth-order valence-corrected chi connectivity index (χ4v) is 2.76. The maximum atomic E-state index is 5.30. The molecule has 106 valence electrons. The summed E-state index contributed by atoms with van der Waals surface area (Å²) in [6.45, 7) is 7.81. The Morgan fingerprint density at radius 2 is 2.26 bits per heavy atom. The van der Waals surface area contributed by atoms with Gasteiger partial charge in [0.05, 0.1) is 7.11 Å². The SMILES string of the molecule is CCCC1CN(Cc2cccc(OC)c2)C(C)CN1. The molecule has 19 heavy (non-hydrogen) atoms. The molecule has 0 aromatic heterocycles. The average Bonchev–Trinajstić information content (AvgIpc) is 2.43. The molecule has 0 bridgehead atoms. The second kappa shape index (κ2) is 6.92. The molecular formula is C16H26N2O. The van der Waals surface area contributed by atoms with Crippen LogP contribution in [0.2, 0.25) is 0 Å². The van der Waals surface area contributed by atoms with Crippen molar-refractivity contribution in [3.05, 3.63) is 29.8 Å². The van der Waals surface area contributed by atoms with Gasteiger partial charge in [-0.3, -0.25) is 4.90 Å². The largest absolute Gasteiger partial charge is 0.497 e. The normalized spacial score (nSPS) is 24.4. The maximum absolute atomic E-state index is 5.30. The Hall–Kier alpha value is -1.06. The first-order chi connectivity index (χ1) is 9.22. The van der Waals surface area contributed by atoms with E-state index < -0.39 is 0 Å². The highest BCUT2D eigenvalue weighted by atomic mass is 16.5. The lowest BCUT2D eigenvalue weighted by Crippen LogP contribution is -2.54. The summed E-state index contributed by atoms with van der Waals surface area (Å²) in [5, 5.41) is 3.64. The number of benzene rings is 1. The molecular weight excluding hydrogens is 236 g/mol. The van der Waals surface area contributed by atoms with Crippen LogP contribution in [0, 0.1) is 0 Å². The minimum atomic E-state index is 0.597. The molecule has 2 unspecified atom stereocenters. The zero-order chi connectivity index (χ0) is 13.7. The minimum Gasteiger partial charge on any atom is -0.497 e. The van der Waals surface area contributed by atoms with E-state index in [2.05, 4.69) is 42.3 Å². The van der Waals surface area contributed by atoms with Crippen molar-refractivity contribution < 1.29 is 4.74 Å². The molecule has 1 aromatic rings. The summed E-state index contributed by atoms with van der Waals surface area (Å²) >= 11 is 0. The number of nitrogens with zero attached hydrogens (tertiary/aromatic N) is 1. The molecule has 3 heteroatoms. The smallest absolute Gasteiger partial charge is 0.119 e. The van der Waals surface area contributed by atoms with Crippen molar-refractivity contribution in [2.24, 2.45) is 0 Å². The number of rotatable bonds is 5. The van der Waals surface area contributed by atoms with Crippen molar-refractivity contribution >= 4 is 0 Å². The van der Waals surface area contributed by atoms with Gasteiger partial charge in [0.1, 0.15) is 5.75 Å². The van der Waals surface area contributed by atoms with Crippen LogP contribution >= 0.6 is 0 Å². The zero-order valence-corrected chi connectivity index (χ0v) is 12.4. The number of methoxy groups -OCH3 is 1. The van der Waals surface area contributed by atoms with Crippen molar-refractivity contribution in [3.63, 3.8) is 0 Å². The third kappa shape index (κ3) is 3.95. The molecule has 1 aliphatic heterocycles. The van der Waals surface area contributed by atoms with Crippen LogP contribution in [0.3, 0.4) is 0 Å². The van der Waals surface area contributed by atoms with E-state index >= 15 is 0 Å². The second-order valence-corrected chi connectivity index (χ2v) is 5.52. The molecule has 0 amide bonds. The van der Waals surface area contributed by atoms with Crippen LogP contribution in [0.1, 0.15) is 32.3 Å². The fraction of sp³-hybridized carbons (Fsp3) is 0.625. The standard InChI is InChI=1S/C16H26N2O/c1-4-6-15-12-18(13(2)10-17-15)11-14-7-5-8-16(9-14)19-3/h5,7-9,13,15,17H,4,6,10-12H2,1-3H3. The van der Waals surface area contributed by atoms with E-state index in [1.54, 1.807) is 7.11 Å². The Bertz CT molecular complexity index is 394. The number of hydrogen-bond donors (Lipinski definition) is 1. The number of piperazine rings is 1.